The van der Waals surface area contributed by atoms with Crippen molar-refractivity contribution in [1.29, 1.82) is 0 Å². The summed E-state index contributed by atoms with van der Waals surface area (Å²) in [6.07, 6.45) is 2.80. The highest BCUT2D eigenvalue weighted by Crippen LogP contribution is 2.30. The molecule has 32 heavy (non-hydrogen) atoms. The number of aliphatic hydroxyl groups excluding tert-OH is 1. The molecule has 1 atom stereocenters. The molecular weight excluding hydrogens is 400 g/mol. The van der Waals surface area contributed by atoms with Gasteiger partial charge in [0.15, 0.2) is 0 Å². The van der Waals surface area contributed by atoms with Gasteiger partial charge in [0, 0.05) is 39.8 Å². The molecule has 1 aromatic carbocycles. The number of piperidine rings is 2. The second-order valence-electron chi connectivity index (χ2n) is 12.7. The van der Waals surface area contributed by atoms with Crippen LogP contribution in [0, 0.1) is 0 Å². The first-order valence-corrected chi connectivity index (χ1v) is 12.0. The summed E-state index contributed by atoms with van der Waals surface area (Å²) in [6, 6.07) is 7.65. The van der Waals surface area contributed by atoms with Gasteiger partial charge in [-0.2, -0.15) is 0 Å². The molecule has 2 fully saturated rings. The van der Waals surface area contributed by atoms with E-state index < -0.39 is 6.23 Å². The number of benzene rings is 1. The van der Waals surface area contributed by atoms with E-state index in [1.807, 2.05) is 24.3 Å². The molecule has 1 amide bonds. The van der Waals surface area contributed by atoms with Crippen LogP contribution < -0.4 is 21.3 Å². The number of carbonyl (C=O) groups is 1. The molecule has 1 unspecified atom stereocenters. The normalized spacial score (nSPS) is 25.8. The lowest BCUT2D eigenvalue weighted by Crippen LogP contribution is -2.62. The van der Waals surface area contributed by atoms with Gasteiger partial charge in [-0.05, 0) is 98.8 Å². The molecule has 0 radical (unpaired) electrons. The summed E-state index contributed by atoms with van der Waals surface area (Å²) in [5.74, 6) is -0.0818. The van der Waals surface area contributed by atoms with Gasteiger partial charge < -0.3 is 21.1 Å². The summed E-state index contributed by atoms with van der Waals surface area (Å²) in [5.41, 5.74) is 1.24. The number of rotatable bonds is 5. The first-order chi connectivity index (χ1) is 14.5. The Morgan fingerprint density at radius 2 is 1.34 bits per heavy atom. The average Bonchev–Trinajstić information content (AvgIpc) is 2.56. The maximum absolute atomic E-state index is 13.0. The van der Waals surface area contributed by atoms with E-state index in [9.17, 15) is 9.90 Å². The Morgan fingerprint density at radius 1 is 0.875 bits per heavy atom. The molecule has 2 saturated heterocycles. The van der Waals surface area contributed by atoms with Crippen molar-refractivity contribution in [3.05, 3.63) is 35.4 Å². The maximum Gasteiger partial charge on any atom is 0.251 e. The molecule has 1 aromatic rings. The van der Waals surface area contributed by atoms with E-state index in [0.29, 0.717) is 5.56 Å². The number of hydrogen-bond acceptors (Lipinski definition) is 5. The predicted octanol–water partition coefficient (Wildman–Crippen LogP) is 3.62. The van der Waals surface area contributed by atoms with Crippen LogP contribution in [0.1, 0.15) is 103 Å². The lowest BCUT2D eigenvalue weighted by Gasteiger charge is -2.47. The van der Waals surface area contributed by atoms with Gasteiger partial charge >= 0.3 is 0 Å². The van der Waals surface area contributed by atoms with Crippen molar-refractivity contribution in [2.75, 3.05) is 0 Å². The molecule has 0 aliphatic carbocycles. The van der Waals surface area contributed by atoms with E-state index in [0.717, 1.165) is 31.2 Å². The second kappa shape index (κ2) is 8.71. The number of amides is 1. The average molecular weight is 445 g/mol. The fourth-order valence-corrected chi connectivity index (χ4v) is 6.30. The Bertz CT molecular complexity index is 799. The van der Waals surface area contributed by atoms with Crippen LogP contribution in [0.4, 0.5) is 0 Å². The van der Waals surface area contributed by atoms with Crippen molar-refractivity contribution in [1.82, 2.24) is 21.3 Å². The third kappa shape index (κ3) is 6.77. The zero-order valence-electron chi connectivity index (χ0n) is 21.2. The molecular formula is C26H44N4O2. The highest BCUT2D eigenvalue weighted by molar-refractivity contribution is 5.94. The van der Waals surface area contributed by atoms with Crippen LogP contribution in [0.15, 0.2) is 24.3 Å². The largest absolute Gasteiger partial charge is 0.374 e. The van der Waals surface area contributed by atoms with Crippen molar-refractivity contribution in [3.8, 4) is 0 Å². The molecule has 2 aliphatic heterocycles. The van der Waals surface area contributed by atoms with Crippen LogP contribution in [-0.4, -0.2) is 45.3 Å². The van der Waals surface area contributed by atoms with Gasteiger partial charge in [0.1, 0.15) is 6.23 Å². The number of nitrogens with one attached hydrogen (secondary N) is 4. The second-order valence-corrected chi connectivity index (χ2v) is 12.7. The maximum atomic E-state index is 13.0. The Morgan fingerprint density at radius 3 is 1.84 bits per heavy atom. The minimum absolute atomic E-state index is 0.00270. The van der Waals surface area contributed by atoms with Gasteiger partial charge in [-0.1, -0.05) is 12.1 Å². The minimum atomic E-state index is -0.811. The summed E-state index contributed by atoms with van der Waals surface area (Å²) in [7, 11) is 0. The molecule has 0 bridgehead atoms. The standard InChI is InChI=1S/C26H44N4O2/c1-23(2)13-19(14-24(3,4)29-23)27-21(31)17-10-9-11-18(12-17)22(32)28-20-15-25(5,6)30-26(7,8)16-20/h9-12,19-21,27,29-31H,13-16H2,1-8H3,(H,28,32). The summed E-state index contributed by atoms with van der Waals surface area (Å²) >= 11 is 0. The monoisotopic (exact) mass is 444 g/mol. The minimum Gasteiger partial charge on any atom is -0.374 e. The highest BCUT2D eigenvalue weighted by atomic mass is 16.3. The molecule has 0 aromatic heterocycles. The van der Waals surface area contributed by atoms with Gasteiger partial charge in [-0.25, -0.2) is 0 Å². The van der Waals surface area contributed by atoms with Gasteiger partial charge in [0.2, 0.25) is 0 Å². The van der Waals surface area contributed by atoms with Crippen molar-refractivity contribution in [3.63, 3.8) is 0 Å². The number of hydrogen-bond donors (Lipinski definition) is 5. The smallest absolute Gasteiger partial charge is 0.251 e. The Hall–Kier alpha value is -1.47. The molecule has 6 nitrogen and oxygen atoms in total. The van der Waals surface area contributed by atoms with Crippen LogP contribution in [-0.2, 0) is 0 Å². The molecule has 2 heterocycles. The molecule has 0 spiro atoms. The zero-order valence-corrected chi connectivity index (χ0v) is 21.2. The van der Waals surface area contributed by atoms with E-state index >= 15 is 0 Å². The van der Waals surface area contributed by atoms with Gasteiger partial charge in [-0.3, -0.25) is 10.1 Å². The Kier molecular flexibility index (Phi) is 6.85. The van der Waals surface area contributed by atoms with Crippen LogP contribution in [0.5, 0.6) is 0 Å². The summed E-state index contributed by atoms with van der Waals surface area (Å²) in [5, 5.41) is 24.8. The van der Waals surface area contributed by atoms with Crippen LogP contribution in [0.2, 0.25) is 0 Å². The molecule has 180 valence electrons. The van der Waals surface area contributed by atoms with E-state index in [4.69, 9.17) is 0 Å². The molecule has 0 saturated carbocycles. The lowest BCUT2D eigenvalue weighted by atomic mass is 9.79. The van der Waals surface area contributed by atoms with Crippen molar-refractivity contribution in [2.45, 2.75) is 122 Å². The summed E-state index contributed by atoms with van der Waals surface area (Å²) < 4.78 is 0. The van der Waals surface area contributed by atoms with Crippen molar-refractivity contribution >= 4 is 5.91 Å². The zero-order chi connectivity index (χ0) is 23.9. The van der Waals surface area contributed by atoms with Crippen LogP contribution in [0.3, 0.4) is 0 Å². The Balaban J connectivity index is 1.66. The third-order valence-corrected chi connectivity index (χ3v) is 6.57. The lowest BCUT2D eigenvalue weighted by molar-refractivity contribution is 0.0767. The molecule has 2 aliphatic rings. The van der Waals surface area contributed by atoms with Crippen molar-refractivity contribution < 1.29 is 9.90 Å². The summed E-state index contributed by atoms with van der Waals surface area (Å²) in [4.78, 5) is 13.0. The topological polar surface area (TPSA) is 85.4 Å². The highest BCUT2D eigenvalue weighted by Gasteiger charge is 2.39. The Labute approximate surface area is 194 Å². The number of aliphatic hydroxyl groups is 1. The third-order valence-electron chi connectivity index (χ3n) is 6.57. The fraction of sp³-hybridized carbons (Fsp3) is 0.731. The molecule has 5 N–H and O–H groups in total. The van der Waals surface area contributed by atoms with E-state index in [1.54, 1.807) is 0 Å². The van der Waals surface area contributed by atoms with E-state index in [-0.39, 0.29) is 40.1 Å². The quantitative estimate of drug-likeness (QED) is 0.448. The van der Waals surface area contributed by atoms with Crippen LogP contribution >= 0.6 is 0 Å². The fourth-order valence-electron chi connectivity index (χ4n) is 6.30. The SMILES string of the molecule is CC1(C)CC(NC(=O)c2cccc(C(O)NC3CC(C)(C)NC(C)(C)C3)c2)CC(C)(C)N1. The summed E-state index contributed by atoms with van der Waals surface area (Å²) in [6.45, 7) is 17.5. The number of carbonyl (C=O) groups excluding carboxylic acids is 1. The van der Waals surface area contributed by atoms with Gasteiger partial charge in [-0.15, -0.1) is 0 Å². The van der Waals surface area contributed by atoms with Gasteiger partial charge in [0.25, 0.3) is 5.91 Å². The predicted molar refractivity (Wildman–Crippen MR) is 131 cm³/mol. The first-order valence-electron chi connectivity index (χ1n) is 12.0. The van der Waals surface area contributed by atoms with Crippen molar-refractivity contribution in [2.24, 2.45) is 0 Å². The first kappa shape index (κ1) is 25.2. The van der Waals surface area contributed by atoms with Crippen LogP contribution in [0.25, 0.3) is 0 Å². The van der Waals surface area contributed by atoms with Gasteiger partial charge in [0.05, 0.1) is 0 Å². The molecule has 6 heteroatoms. The van der Waals surface area contributed by atoms with E-state index in [2.05, 4.69) is 76.7 Å². The molecule has 3 rings (SSSR count). The van der Waals surface area contributed by atoms with E-state index in [1.165, 1.54) is 0 Å².